The summed E-state index contributed by atoms with van der Waals surface area (Å²) >= 11 is 0. The Bertz CT molecular complexity index is 859. The van der Waals surface area contributed by atoms with E-state index in [1.54, 1.807) is 0 Å². The van der Waals surface area contributed by atoms with Crippen LogP contribution in [0.5, 0.6) is 0 Å². The van der Waals surface area contributed by atoms with Crippen LogP contribution in [0, 0.1) is 0 Å². The molecule has 0 spiro atoms. The molecule has 1 amide bonds. The molecular weight excluding hydrogens is 375 g/mol. The van der Waals surface area contributed by atoms with E-state index in [0.717, 1.165) is 38.2 Å². The van der Waals surface area contributed by atoms with Gasteiger partial charge in [-0.1, -0.05) is 42.5 Å². The summed E-state index contributed by atoms with van der Waals surface area (Å²) in [4.78, 5) is 17.3. The van der Waals surface area contributed by atoms with Gasteiger partial charge in [-0.05, 0) is 50.9 Å². The van der Waals surface area contributed by atoms with Gasteiger partial charge >= 0.3 is 7.12 Å². The summed E-state index contributed by atoms with van der Waals surface area (Å²) in [6, 6.07) is 18.2. The van der Waals surface area contributed by atoms with Gasteiger partial charge in [-0.15, -0.1) is 0 Å². The molecule has 6 heteroatoms. The van der Waals surface area contributed by atoms with Gasteiger partial charge in [0.25, 0.3) is 5.91 Å². The monoisotopic (exact) mass is 406 g/mol. The Morgan fingerprint density at radius 3 is 2.00 bits per heavy atom. The molecule has 2 aromatic carbocycles. The van der Waals surface area contributed by atoms with Crippen LogP contribution in [0.4, 0.5) is 0 Å². The minimum atomic E-state index is -0.402. The number of carbonyl (C=O) groups excluding carboxylic acids is 1. The molecule has 2 heterocycles. The van der Waals surface area contributed by atoms with Crippen molar-refractivity contribution in [3.63, 3.8) is 0 Å². The van der Waals surface area contributed by atoms with E-state index >= 15 is 0 Å². The molecule has 2 fully saturated rings. The van der Waals surface area contributed by atoms with Gasteiger partial charge < -0.3 is 14.2 Å². The summed E-state index contributed by atoms with van der Waals surface area (Å²) in [6.07, 6.45) is 0. The summed E-state index contributed by atoms with van der Waals surface area (Å²) in [6.45, 7) is 12.4. The number of piperazine rings is 1. The van der Waals surface area contributed by atoms with Crippen LogP contribution in [-0.2, 0) is 15.9 Å². The van der Waals surface area contributed by atoms with E-state index in [2.05, 4.69) is 29.2 Å². The van der Waals surface area contributed by atoms with Crippen molar-refractivity contribution in [1.82, 2.24) is 9.80 Å². The van der Waals surface area contributed by atoms with Crippen molar-refractivity contribution in [1.29, 1.82) is 0 Å². The molecule has 158 valence electrons. The number of amides is 1. The van der Waals surface area contributed by atoms with E-state index in [-0.39, 0.29) is 17.1 Å². The number of hydrogen-bond acceptors (Lipinski definition) is 4. The molecule has 30 heavy (non-hydrogen) atoms. The lowest BCUT2D eigenvalue weighted by Gasteiger charge is -2.34. The molecule has 0 saturated carbocycles. The Morgan fingerprint density at radius 2 is 1.43 bits per heavy atom. The maximum atomic E-state index is 12.9. The van der Waals surface area contributed by atoms with Crippen LogP contribution < -0.4 is 5.46 Å². The van der Waals surface area contributed by atoms with Crippen molar-refractivity contribution in [2.24, 2.45) is 0 Å². The lowest BCUT2D eigenvalue weighted by Crippen LogP contribution is -2.48. The number of rotatable bonds is 4. The Balaban J connectivity index is 1.33. The molecule has 0 aliphatic carbocycles. The zero-order chi connectivity index (χ0) is 21.4. The minimum Gasteiger partial charge on any atom is -0.399 e. The van der Waals surface area contributed by atoms with E-state index in [1.807, 2.05) is 62.9 Å². The summed E-state index contributed by atoms with van der Waals surface area (Å²) in [5.41, 5.74) is 2.23. The van der Waals surface area contributed by atoms with E-state index in [9.17, 15) is 4.79 Å². The van der Waals surface area contributed by atoms with Gasteiger partial charge in [-0.3, -0.25) is 9.69 Å². The van der Waals surface area contributed by atoms with Gasteiger partial charge in [0.2, 0.25) is 0 Å². The number of benzene rings is 2. The van der Waals surface area contributed by atoms with Crippen molar-refractivity contribution >= 4 is 18.5 Å². The number of hydrogen-bond donors (Lipinski definition) is 0. The highest BCUT2D eigenvalue weighted by molar-refractivity contribution is 6.62. The second-order valence-corrected chi connectivity index (χ2v) is 9.26. The van der Waals surface area contributed by atoms with Crippen LogP contribution >= 0.6 is 0 Å². The Kier molecular flexibility index (Phi) is 5.75. The highest BCUT2D eigenvalue weighted by Gasteiger charge is 2.51. The predicted octanol–water partition coefficient (Wildman–Crippen LogP) is 2.94. The van der Waals surface area contributed by atoms with E-state index in [4.69, 9.17) is 9.31 Å². The molecule has 0 radical (unpaired) electrons. The predicted molar refractivity (Wildman–Crippen MR) is 120 cm³/mol. The quantitative estimate of drug-likeness (QED) is 0.733. The molecule has 4 rings (SSSR count). The van der Waals surface area contributed by atoms with Crippen molar-refractivity contribution in [2.75, 3.05) is 26.2 Å². The van der Waals surface area contributed by atoms with Gasteiger partial charge in [-0.25, -0.2) is 0 Å². The average molecular weight is 406 g/mol. The fourth-order valence-electron chi connectivity index (χ4n) is 3.90. The first kappa shape index (κ1) is 21.1. The summed E-state index contributed by atoms with van der Waals surface area (Å²) < 4.78 is 12.2. The first-order valence-corrected chi connectivity index (χ1v) is 10.8. The van der Waals surface area contributed by atoms with Crippen LogP contribution in [-0.4, -0.2) is 60.2 Å². The molecule has 2 aliphatic rings. The maximum Gasteiger partial charge on any atom is 0.494 e. The molecule has 2 saturated heterocycles. The zero-order valence-corrected chi connectivity index (χ0v) is 18.4. The van der Waals surface area contributed by atoms with Crippen LogP contribution in [0.25, 0.3) is 0 Å². The molecule has 0 unspecified atom stereocenters. The van der Waals surface area contributed by atoms with Gasteiger partial charge in [0.05, 0.1) is 11.2 Å². The number of carbonyl (C=O) groups is 1. The maximum absolute atomic E-state index is 12.9. The molecule has 0 bridgehead atoms. The standard InChI is InChI=1S/C24H31BN2O3/c1-23(2)24(3,4)30-25(29-23)21-12-10-20(11-13-21)22(28)27-16-14-26(15-17-27)18-19-8-6-5-7-9-19/h5-13H,14-18H2,1-4H3. The fourth-order valence-corrected chi connectivity index (χ4v) is 3.90. The summed E-state index contributed by atoms with van der Waals surface area (Å²) in [7, 11) is -0.402. The Labute approximate surface area is 180 Å². The molecule has 2 aliphatic heterocycles. The molecule has 0 atom stereocenters. The van der Waals surface area contributed by atoms with Gasteiger partial charge in [0, 0.05) is 38.3 Å². The highest BCUT2D eigenvalue weighted by Crippen LogP contribution is 2.36. The Hall–Kier alpha value is -2.15. The van der Waals surface area contributed by atoms with E-state index < -0.39 is 7.12 Å². The normalized spacial score (nSPS) is 21.1. The topological polar surface area (TPSA) is 42.0 Å². The van der Waals surface area contributed by atoms with Gasteiger partial charge in [0.15, 0.2) is 0 Å². The SMILES string of the molecule is CC1(C)OB(c2ccc(C(=O)N3CCN(Cc4ccccc4)CC3)cc2)OC1(C)C. The number of nitrogens with zero attached hydrogens (tertiary/aromatic N) is 2. The largest absolute Gasteiger partial charge is 0.494 e. The smallest absolute Gasteiger partial charge is 0.399 e. The zero-order valence-electron chi connectivity index (χ0n) is 18.4. The third-order valence-electron chi connectivity index (χ3n) is 6.59. The molecule has 0 N–H and O–H groups in total. The van der Waals surface area contributed by atoms with Crippen LogP contribution in [0.2, 0.25) is 0 Å². The molecule has 5 nitrogen and oxygen atoms in total. The molecule has 0 aromatic heterocycles. The van der Waals surface area contributed by atoms with Crippen LogP contribution in [0.3, 0.4) is 0 Å². The highest BCUT2D eigenvalue weighted by atomic mass is 16.7. The van der Waals surface area contributed by atoms with E-state index in [0.29, 0.717) is 5.56 Å². The third kappa shape index (κ3) is 4.31. The van der Waals surface area contributed by atoms with Crippen molar-refractivity contribution in [3.05, 3.63) is 65.7 Å². The average Bonchev–Trinajstić information content (AvgIpc) is 2.96. The van der Waals surface area contributed by atoms with Crippen LogP contribution in [0.15, 0.2) is 54.6 Å². The minimum absolute atomic E-state index is 0.0924. The van der Waals surface area contributed by atoms with Crippen LogP contribution in [0.1, 0.15) is 43.6 Å². The van der Waals surface area contributed by atoms with Gasteiger partial charge in [-0.2, -0.15) is 0 Å². The van der Waals surface area contributed by atoms with E-state index in [1.165, 1.54) is 5.56 Å². The first-order valence-electron chi connectivity index (χ1n) is 10.8. The van der Waals surface area contributed by atoms with Crippen molar-refractivity contribution in [2.45, 2.75) is 45.4 Å². The summed E-state index contributed by atoms with van der Waals surface area (Å²) in [5, 5.41) is 0. The lowest BCUT2D eigenvalue weighted by atomic mass is 9.79. The first-order chi connectivity index (χ1) is 14.2. The second-order valence-electron chi connectivity index (χ2n) is 9.26. The fraction of sp³-hybridized carbons (Fsp3) is 0.458. The lowest BCUT2D eigenvalue weighted by molar-refractivity contribution is 0.00578. The third-order valence-corrected chi connectivity index (χ3v) is 6.59. The molecule has 2 aromatic rings. The Morgan fingerprint density at radius 1 is 0.867 bits per heavy atom. The van der Waals surface area contributed by atoms with Crippen molar-refractivity contribution in [3.8, 4) is 0 Å². The second kappa shape index (κ2) is 8.18. The van der Waals surface area contributed by atoms with Gasteiger partial charge in [0.1, 0.15) is 0 Å². The van der Waals surface area contributed by atoms with Crippen molar-refractivity contribution < 1.29 is 14.1 Å². The summed E-state index contributed by atoms with van der Waals surface area (Å²) in [5.74, 6) is 0.0924. The molecular formula is C24H31BN2O3.